The van der Waals surface area contributed by atoms with Crippen molar-refractivity contribution in [1.29, 1.82) is 0 Å². The maximum atomic E-state index is 14.3. The Balaban J connectivity index is 2.43. The van der Waals surface area contributed by atoms with Crippen LogP contribution in [0.4, 0.5) is 8.78 Å². The summed E-state index contributed by atoms with van der Waals surface area (Å²) in [6.07, 6.45) is 3.07. The first kappa shape index (κ1) is 17.6. The first-order chi connectivity index (χ1) is 11.4. The molecule has 1 atom stereocenters. The molecule has 2 rings (SSSR count). The molecule has 1 unspecified atom stereocenters. The third-order valence-electron chi connectivity index (χ3n) is 2.98. The van der Waals surface area contributed by atoms with Gasteiger partial charge < -0.3 is 9.47 Å². The highest BCUT2D eigenvalue weighted by atomic mass is 19.3. The third-order valence-corrected chi connectivity index (χ3v) is 2.98. The molecule has 0 bridgehead atoms. The monoisotopic (exact) mass is 340 g/mol. The van der Waals surface area contributed by atoms with Crippen LogP contribution < -0.4 is 0 Å². The van der Waals surface area contributed by atoms with Gasteiger partial charge in [-0.25, -0.2) is 24.6 Å². The van der Waals surface area contributed by atoms with Crippen molar-refractivity contribution >= 4 is 36.2 Å². The molecule has 0 spiro atoms. The first-order valence-electron chi connectivity index (χ1n) is 7.05. The van der Waals surface area contributed by atoms with Crippen LogP contribution in [0.5, 0.6) is 0 Å². The molecule has 0 saturated carbocycles. The highest BCUT2D eigenvalue weighted by Crippen LogP contribution is 2.28. The van der Waals surface area contributed by atoms with Crippen molar-refractivity contribution < 1.29 is 27.8 Å². The van der Waals surface area contributed by atoms with Gasteiger partial charge in [-0.2, -0.15) is 8.78 Å². The van der Waals surface area contributed by atoms with Crippen molar-refractivity contribution in [3.8, 4) is 0 Å². The van der Waals surface area contributed by atoms with E-state index >= 15 is 0 Å². The fourth-order valence-electron chi connectivity index (χ4n) is 1.92. The summed E-state index contributed by atoms with van der Waals surface area (Å²) in [4.78, 5) is 38.9. The summed E-state index contributed by atoms with van der Waals surface area (Å²) in [5, 5.41) is 0. The van der Waals surface area contributed by atoms with Crippen LogP contribution in [0.15, 0.2) is 31.6 Å². The predicted octanol–water partition coefficient (Wildman–Crippen LogP) is 0.966. The molecule has 0 aromatic carbocycles. The summed E-state index contributed by atoms with van der Waals surface area (Å²) in [5.74, 6) is -7.14. The lowest BCUT2D eigenvalue weighted by atomic mass is 10.0. The zero-order valence-electron chi connectivity index (χ0n) is 12.9. The van der Waals surface area contributed by atoms with Crippen LogP contribution in [0, 0.1) is 0 Å². The van der Waals surface area contributed by atoms with E-state index in [9.17, 15) is 18.4 Å². The number of hydrogen-bond acceptors (Lipinski definition) is 8. The van der Waals surface area contributed by atoms with Crippen LogP contribution in [-0.2, 0) is 19.1 Å². The highest BCUT2D eigenvalue weighted by molar-refractivity contribution is 6.25. The summed E-state index contributed by atoms with van der Waals surface area (Å²) in [6.45, 7) is 2.42. The van der Waals surface area contributed by atoms with E-state index in [0.717, 1.165) is 12.4 Å². The van der Waals surface area contributed by atoms with Gasteiger partial charge in [0, 0.05) is 0 Å². The largest absolute Gasteiger partial charge is 0.462 e. The Bertz CT molecular complexity index is 695. The van der Waals surface area contributed by atoms with Crippen LogP contribution in [0.25, 0.3) is 0 Å². The number of nitrogens with zero attached hydrogens (tertiary/aromatic N) is 4. The fraction of sp³-hybridized carbons (Fsp3) is 0.429. The highest BCUT2D eigenvalue weighted by Gasteiger charge is 2.49. The van der Waals surface area contributed by atoms with Crippen LogP contribution in [0.1, 0.15) is 13.8 Å². The Morgan fingerprint density at radius 2 is 1.92 bits per heavy atom. The molecule has 0 saturated heterocycles. The average Bonchev–Trinajstić information content (AvgIpc) is 3.02. The van der Waals surface area contributed by atoms with Gasteiger partial charge in [0.1, 0.15) is 18.3 Å². The standard InChI is InChI=1S/C14H14F2N4O4/c1-3-23-12(21)8(14(15,16)13(22)24-4-2)5-9-10-11(19-6-17-9)20-7-18-10/h5-7,10H,3-4H2,1-2H3/b8-5+. The average molecular weight is 340 g/mol. The topological polar surface area (TPSA) is 102 Å². The molecule has 0 fully saturated rings. The Kier molecular flexibility index (Phi) is 5.27. The molecule has 0 aliphatic carbocycles. The minimum absolute atomic E-state index is 0.00970. The van der Waals surface area contributed by atoms with Gasteiger partial charge in [0.2, 0.25) is 0 Å². The van der Waals surface area contributed by atoms with E-state index in [0.29, 0.717) is 0 Å². The van der Waals surface area contributed by atoms with Gasteiger partial charge in [0.15, 0.2) is 11.9 Å². The zero-order valence-corrected chi connectivity index (χ0v) is 12.9. The lowest BCUT2D eigenvalue weighted by molar-refractivity contribution is -0.169. The van der Waals surface area contributed by atoms with Gasteiger partial charge in [-0.15, -0.1) is 0 Å². The number of esters is 2. The van der Waals surface area contributed by atoms with Crippen LogP contribution in [0.3, 0.4) is 0 Å². The summed E-state index contributed by atoms with van der Waals surface area (Å²) in [6, 6.07) is -0.808. The van der Waals surface area contributed by atoms with Gasteiger partial charge in [-0.3, -0.25) is 4.99 Å². The number of ether oxygens (including phenoxy) is 2. The summed E-state index contributed by atoms with van der Waals surface area (Å²) >= 11 is 0. The summed E-state index contributed by atoms with van der Waals surface area (Å²) in [7, 11) is 0. The van der Waals surface area contributed by atoms with Crippen LogP contribution >= 0.6 is 0 Å². The molecule has 0 aromatic heterocycles. The Labute approximate surface area is 135 Å². The molecule has 0 amide bonds. The van der Waals surface area contributed by atoms with Crippen molar-refractivity contribution in [2.75, 3.05) is 13.2 Å². The van der Waals surface area contributed by atoms with Gasteiger partial charge in [-0.1, -0.05) is 0 Å². The molecule has 2 aliphatic rings. The maximum absolute atomic E-state index is 14.3. The minimum atomic E-state index is -4.20. The SMILES string of the molecule is CCOC(=O)/C(=C\C1=NC=NC2=NC=NC12)C(F)(F)C(=O)OCC. The molecule has 0 N–H and O–H groups in total. The van der Waals surface area contributed by atoms with E-state index in [1.165, 1.54) is 20.2 Å². The molecular weight excluding hydrogens is 326 g/mol. The van der Waals surface area contributed by atoms with Gasteiger partial charge >= 0.3 is 17.9 Å². The van der Waals surface area contributed by atoms with Gasteiger partial charge in [-0.05, 0) is 19.9 Å². The number of halogens is 2. The lowest BCUT2D eigenvalue weighted by Crippen LogP contribution is -2.38. The number of carbonyl (C=O) groups excluding carboxylic acids is 2. The van der Waals surface area contributed by atoms with Crippen molar-refractivity contribution in [2.45, 2.75) is 25.8 Å². The number of aliphatic imine (C=N–C) groups is 4. The molecular formula is C14H14F2N4O4. The van der Waals surface area contributed by atoms with E-state index in [4.69, 9.17) is 0 Å². The molecule has 0 radical (unpaired) electrons. The second-order valence-electron chi connectivity index (χ2n) is 4.53. The number of alkyl halides is 2. The Hall–Kier alpha value is -2.78. The molecule has 8 nitrogen and oxygen atoms in total. The van der Waals surface area contributed by atoms with Crippen LogP contribution in [0.2, 0.25) is 0 Å². The molecule has 24 heavy (non-hydrogen) atoms. The maximum Gasteiger partial charge on any atom is 0.382 e. The quantitative estimate of drug-likeness (QED) is 0.531. The summed E-state index contributed by atoms with van der Waals surface area (Å²) in [5.41, 5.74) is -1.19. The van der Waals surface area contributed by atoms with E-state index < -0.39 is 29.5 Å². The predicted molar refractivity (Wildman–Crippen MR) is 81.9 cm³/mol. The second-order valence-corrected chi connectivity index (χ2v) is 4.53. The number of hydrogen-bond donors (Lipinski definition) is 0. The molecule has 10 heteroatoms. The number of rotatable bonds is 6. The van der Waals surface area contributed by atoms with Crippen molar-refractivity contribution in [2.24, 2.45) is 20.0 Å². The van der Waals surface area contributed by atoms with Crippen molar-refractivity contribution in [3.05, 3.63) is 11.6 Å². The van der Waals surface area contributed by atoms with Crippen LogP contribution in [-0.4, -0.2) is 61.3 Å². The second kappa shape index (κ2) is 7.20. The van der Waals surface area contributed by atoms with E-state index in [2.05, 4.69) is 29.4 Å². The first-order valence-corrected chi connectivity index (χ1v) is 7.05. The summed E-state index contributed by atoms with van der Waals surface area (Å²) < 4.78 is 37.6. The fourth-order valence-corrected chi connectivity index (χ4v) is 1.92. The van der Waals surface area contributed by atoms with Crippen molar-refractivity contribution in [3.63, 3.8) is 0 Å². The van der Waals surface area contributed by atoms with E-state index in [-0.39, 0.29) is 24.8 Å². The molecule has 2 aliphatic heterocycles. The van der Waals surface area contributed by atoms with Crippen molar-refractivity contribution in [1.82, 2.24) is 0 Å². The molecule has 0 aromatic rings. The zero-order chi connectivity index (χ0) is 17.7. The van der Waals surface area contributed by atoms with E-state index in [1.807, 2.05) is 0 Å². The number of amidine groups is 1. The number of fused-ring (bicyclic) bond motifs is 1. The normalized spacial score (nSPS) is 19.5. The Morgan fingerprint density at radius 3 is 2.58 bits per heavy atom. The van der Waals surface area contributed by atoms with Gasteiger partial charge in [0.05, 0.1) is 18.9 Å². The number of carbonyl (C=O) groups is 2. The minimum Gasteiger partial charge on any atom is -0.462 e. The third kappa shape index (κ3) is 3.42. The lowest BCUT2D eigenvalue weighted by Gasteiger charge is -2.18. The molecule has 2 heterocycles. The smallest absolute Gasteiger partial charge is 0.382 e. The van der Waals surface area contributed by atoms with E-state index in [1.54, 1.807) is 0 Å². The Morgan fingerprint density at radius 1 is 1.21 bits per heavy atom. The van der Waals surface area contributed by atoms with Gasteiger partial charge in [0.25, 0.3) is 0 Å². The molecule has 128 valence electrons.